The van der Waals surface area contributed by atoms with Crippen LogP contribution in [0.4, 0.5) is 5.82 Å². The second kappa shape index (κ2) is 4.20. The highest BCUT2D eigenvalue weighted by atomic mass is 16.7. The third-order valence-electron chi connectivity index (χ3n) is 2.84. The molecular weight excluding hydrogens is 250 g/mol. The van der Waals surface area contributed by atoms with Gasteiger partial charge in [0, 0.05) is 6.07 Å². The first kappa shape index (κ1) is 11.4. The van der Waals surface area contributed by atoms with Gasteiger partial charge in [-0.2, -0.15) is 0 Å². The molecule has 2 heterocycles. The molecule has 0 aliphatic carbocycles. The number of benzene rings is 1. The number of ether oxygens (including phenoxy) is 2. The average Bonchev–Trinajstić information content (AvgIpc) is 2.81. The number of hydrogen-bond acceptors (Lipinski definition) is 5. The molecule has 0 saturated carbocycles. The van der Waals surface area contributed by atoms with Gasteiger partial charge in [-0.1, -0.05) is 6.07 Å². The van der Waals surface area contributed by atoms with E-state index in [0.717, 1.165) is 5.56 Å². The predicted molar refractivity (Wildman–Crippen MR) is 67.4 cm³/mol. The molecule has 2 aromatic rings. The van der Waals surface area contributed by atoms with Crippen molar-refractivity contribution >= 4 is 5.82 Å². The summed E-state index contributed by atoms with van der Waals surface area (Å²) in [6.07, 6.45) is 0. The summed E-state index contributed by atoms with van der Waals surface area (Å²) in [4.78, 5) is 24.9. The monoisotopic (exact) mass is 261 g/mol. The van der Waals surface area contributed by atoms with Crippen LogP contribution in [0, 0.1) is 0 Å². The highest BCUT2D eigenvalue weighted by molar-refractivity contribution is 5.44. The Balaban J connectivity index is 1.98. The van der Waals surface area contributed by atoms with Crippen LogP contribution in [0.25, 0.3) is 0 Å². The van der Waals surface area contributed by atoms with Crippen LogP contribution in [0.2, 0.25) is 0 Å². The maximum atomic E-state index is 11.7. The van der Waals surface area contributed by atoms with E-state index >= 15 is 0 Å². The second-order valence-corrected chi connectivity index (χ2v) is 4.14. The highest BCUT2D eigenvalue weighted by Gasteiger charge is 2.14. The molecule has 1 aliphatic rings. The van der Waals surface area contributed by atoms with Crippen molar-refractivity contribution in [2.75, 3.05) is 12.5 Å². The van der Waals surface area contributed by atoms with Crippen LogP contribution in [-0.2, 0) is 6.54 Å². The molecule has 7 heteroatoms. The molecule has 0 saturated heterocycles. The molecule has 0 bridgehead atoms. The fourth-order valence-electron chi connectivity index (χ4n) is 1.92. The van der Waals surface area contributed by atoms with Crippen molar-refractivity contribution in [3.8, 4) is 11.5 Å². The number of rotatable bonds is 2. The van der Waals surface area contributed by atoms with Crippen molar-refractivity contribution in [3.05, 3.63) is 50.7 Å². The van der Waals surface area contributed by atoms with Crippen LogP contribution in [0.15, 0.2) is 33.9 Å². The van der Waals surface area contributed by atoms with Gasteiger partial charge in [-0.25, -0.2) is 4.79 Å². The van der Waals surface area contributed by atoms with Gasteiger partial charge < -0.3 is 15.2 Å². The van der Waals surface area contributed by atoms with Gasteiger partial charge in [-0.15, -0.1) is 0 Å². The zero-order valence-electron chi connectivity index (χ0n) is 9.88. The summed E-state index contributed by atoms with van der Waals surface area (Å²) in [5.41, 5.74) is 5.45. The third kappa shape index (κ3) is 2.05. The number of anilines is 1. The Morgan fingerprint density at radius 2 is 2.00 bits per heavy atom. The standard InChI is InChI=1S/C12H11N3O4/c13-10-4-11(16)14-12(17)15(10)5-7-1-2-8-9(3-7)19-6-18-8/h1-4H,5-6,13H2,(H,14,16,17). The number of nitrogens with two attached hydrogens (primary N) is 1. The van der Waals surface area contributed by atoms with E-state index in [4.69, 9.17) is 15.2 Å². The molecule has 7 nitrogen and oxygen atoms in total. The van der Waals surface area contributed by atoms with Gasteiger partial charge in [-0.3, -0.25) is 14.3 Å². The van der Waals surface area contributed by atoms with Gasteiger partial charge in [0.1, 0.15) is 5.82 Å². The summed E-state index contributed by atoms with van der Waals surface area (Å²) in [5.74, 6) is 1.42. The first-order valence-corrected chi connectivity index (χ1v) is 5.61. The maximum absolute atomic E-state index is 11.7. The summed E-state index contributed by atoms with van der Waals surface area (Å²) in [7, 11) is 0. The van der Waals surface area contributed by atoms with Gasteiger partial charge >= 0.3 is 5.69 Å². The summed E-state index contributed by atoms with van der Waals surface area (Å²) in [6.45, 7) is 0.442. The molecule has 1 aromatic carbocycles. The molecule has 0 unspecified atom stereocenters. The molecule has 1 aromatic heterocycles. The molecule has 1 aliphatic heterocycles. The molecule has 0 fully saturated rings. The minimum Gasteiger partial charge on any atom is -0.454 e. The Morgan fingerprint density at radius 3 is 2.79 bits per heavy atom. The van der Waals surface area contributed by atoms with Crippen molar-refractivity contribution in [3.63, 3.8) is 0 Å². The Hall–Kier alpha value is -2.70. The fraction of sp³-hybridized carbons (Fsp3) is 0.167. The molecule has 98 valence electrons. The molecular formula is C12H11N3O4. The fourth-order valence-corrected chi connectivity index (χ4v) is 1.92. The van der Waals surface area contributed by atoms with E-state index in [-0.39, 0.29) is 19.2 Å². The highest BCUT2D eigenvalue weighted by Crippen LogP contribution is 2.32. The van der Waals surface area contributed by atoms with Crippen LogP contribution in [0.3, 0.4) is 0 Å². The van der Waals surface area contributed by atoms with Gasteiger partial charge in [0.15, 0.2) is 11.5 Å². The Bertz CT molecular complexity index is 747. The molecule has 0 amide bonds. The van der Waals surface area contributed by atoms with Gasteiger partial charge in [0.25, 0.3) is 5.56 Å². The van der Waals surface area contributed by atoms with Crippen molar-refractivity contribution in [1.29, 1.82) is 0 Å². The molecule has 3 N–H and O–H groups in total. The van der Waals surface area contributed by atoms with E-state index in [1.54, 1.807) is 12.1 Å². The lowest BCUT2D eigenvalue weighted by Gasteiger charge is -2.08. The number of aromatic nitrogens is 2. The summed E-state index contributed by atoms with van der Waals surface area (Å²) in [5, 5.41) is 0. The van der Waals surface area contributed by atoms with E-state index in [1.165, 1.54) is 10.6 Å². The minimum absolute atomic E-state index is 0.117. The quantitative estimate of drug-likeness (QED) is 0.786. The van der Waals surface area contributed by atoms with Crippen molar-refractivity contribution in [2.45, 2.75) is 6.54 Å². The van der Waals surface area contributed by atoms with Crippen molar-refractivity contribution in [2.24, 2.45) is 0 Å². The van der Waals surface area contributed by atoms with Crippen LogP contribution in [0.1, 0.15) is 5.56 Å². The van der Waals surface area contributed by atoms with E-state index in [9.17, 15) is 9.59 Å². The Morgan fingerprint density at radius 1 is 1.21 bits per heavy atom. The van der Waals surface area contributed by atoms with E-state index in [1.807, 2.05) is 6.07 Å². The number of H-pyrrole nitrogens is 1. The number of nitrogens with one attached hydrogen (secondary N) is 1. The lowest BCUT2D eigenvalue weighted by Crippen LogP contribution is -2.31. The SMILES string of the molecule is Nc1cc(=O)[nH]c(=O)n1Cc1ccc2c(c1)OCO2. The maximum Gasteiger partial charge on any atom is 0.330 e. The Labute approximate surface area is 107 Å². The smallest absolute Gasteiger partial charge is 0.330 e. The third-order valence-corrected chi connectivity index (χ3v) is 2.84. The van der Waals surface area contributed by atoms with E-state index in [0.29, 0.717) is 11.5 Å². The van der Waals surface area contributed by atoms with Crippen LogP contribution in [0.5, 0.6) is 11.5 Å². The van der Waals surface area contributed by atoms with E-state index < -0.39 is 11.2 Å². The summed E-state index contributed by atoms with van der Waals surface area (Å²) >= 11 is 0. The minimum atomic E-state index is -0.539. The largest absolute Gasteiger partial charge is 0.454 e. The molecule has 0 radical (unpaired) electrons. The lowest BCUT2D eigenvalue weighted by atomic mass is 10.2. The summed E-state index contributed by atoms with van der Waals surface area (Å²) < 4.78 is 11.7. The van der Waals surface area contributed by atoms with Crippen molar-refractivity contribution in [1.82, 2.24) is 9.55 Å². The van der Waals surface area contributed by atoms with Crippen LogP contribution < -0.4 is 26.5 Å². The summed E-state index contributed by atoms with van der Waals surface area (Å²) in [6, 6.07) is 6.53. The first-order chi connectivity index (χ1) is 9.13. The van der Waals surface area contributed by atoms with Crippen LogP contribution >= 0.6 is 0 Å². The van der Waals surface area contributed by atoms with Crippen molar-refractivity contribution < 1.29 is 9.47 Å². The Kier molecular flexibility index (Phi) is 2.52. The first-order valence-electron chi connectivity index (χ1n) is 5.61. The molecule has 0 spiro atoms. The second-order valence-electron chi connectivity index (χ2n) is 4.14. The van der Waals surface area contributed by atoms with Crippen LogP contribution in [-0.4, -0.2) is 16.3 Å². The number of nitrogens with zero attached hydrogens (tertiary/aromatic N) is 1. The van der Waals surface area contributed by atoms with E-state index in [2.05, 4.69) is 4.98 Å². The van der Waals surface area contributed by atoms with Gasteiger partial charge in [0.05, 0.1) is 6.54 Å². The number of fused-ring (bicyclic) bond motifs is 1. The lowest BCUT2D eigenvalue weighted by molar-refractivity contribution is 0.174. The molecule has 0 atom stereocenters. The topological polar surface area (TPSA) is 99.3 Å². The predicted octanol–water partition coefficient (Wildman–Crippen LogP) is -0.104. The normalized spacial score (nSPS) is 12.6. The number of nitrogen functional groups attached to an aromatic ring is 1. The number of hydrogen-bond donors (Lipinski definition) is 2. The zero-order chi connectivity index (χ0) is 13.4. The zero-order valence-corrected chi connectivity index (χ0v) is 9.88. The van der Waals surface area contributed by atoms with Gasteiger partial charge in [-0.05, 0) is 17.7 Å². The number of aromatic amines is 1. The molecule has 19 heavy (non-hydrogen) atoms. The average molecular weight is 261 g/mol. The van der Waals surface area contributed by atoms with Gasteiger partial charge in [0.2, 0.25) is 6.79 Å². The molecule has 3 rings (SSSR count).